The number of hydrogen-bond acceptors (Lipinski definition) is 2. The molecule has 2 heterocycles. The van der Waals surface area contributed by atoms with E-state index < -0.39 is 0 Å². The number of benzene rings is 2. The minimum absolute atomic E-state index is 0.264. The Morgan fingerprint density at radius 3 is 2.59 bits per heavy atom. The fourth-order valence-electron chi connectivity index (χ4n) is 4.04. The largest absolute Gasteiger partial charge is 0.393 e. The summed E-state index contributed by atoms with van der Waals surface area (Å²) in [6, 6.07) is 19.1. The number of aryl methyl sites for hydroxylation is 1. The highest BCUT2D eigenvalue weighted by Gasteiger charge is 2.28. The van der Waals surface area contributed by atoms with E-state index in [9.17, 15) is 5.11 Å². The van der Waals surface area contributed by atoms with E-state index in [2.05, 4.69) is 58.0 Å². The lowest BCUT2D eigenvalue weighted by Gasteiger charge is -2.31. The van der Waals surface area contributed by atoms with Gasteiger partial charge in [0, 0.05) is 30.5 Å². The number of fused-ring (bicyclic) bond motifs is 3. The Morgan fingerprint density at radius 2 is 1.81 bits per heavy atom. The fraction of sp³-hybridized carbons (Fsp3) is 0.348. The number of aliphatic hydroxyl groups excluding tert-OH is 1. The predicted octanol–water partition coefficient (Wildman–Crippen LogP) is 4.54. The van der Waals surface area contributed by atoms with Gasteiger partial charge in [-0.1, -0.05) is 67.7 Å². The first-order valence-corrected chi connectivity index (χ1v) is 10.2. The number of para-hydroxylation sites is 1. The van der Waals surface area contributed by atoms with E-state index in [0.717, 1.165) is 43.9 Å². The zero-order valence-corrected chi connectivity index (χ0v) is 16.6. The van der Waals surface area contributed by atoms with Crippen LogP contribution in [0.25, 0.3) is 10.9 Å². The lowest BCUT2D eigenvalue weighted by molar-refractivity contribution is 0.154. The van der Waals surface area contributed by atoms with Crippen LogP contribution in [0.1, 0.15) is 36.6 Å². The van der Waals surface area contributed by atoms with Gasteiger partial charge in [-0.25, -0.2) is 0 Å². The minimum Gasteiger partial charge on any atom is -0.393 e. The van der Waals surface area contributed by atoms with Crippen LogP contribution in [0, 0.1) is 0 Å². The molecule has 3 nitrogen and oxygen atoms in total. The van der Waals surface area contributed by atoms with Gasteiger partial charge in [-0.2, -0.15) is 0 Å². The molecule has 140 valence electrons. The lowest BCUT2D eigenvalue weighted by atomic mass is 10.0. The molecule has 0 spiro atoms. The lowest BCUT2D eigenvalue weighted by Crippen LogP contribution is -2.37. The third-order valence-electron chi connectivity index (χ3n) is 5.57. The number of rotatable bonds is 6. The molecule has 1 aromatic heterocycles. The molecule has 2 aromatic carbocycles. The number of aliphatic hydroxyl groups is 1. The standard InChI is InChI=1S/C23H26N2OS/c1-2-18(26)12-15-25-21-11-7-6-10-19(21)20-13-14-24(23(27)22(20)25)16-17-8-4-3-5-9-17/h3-11,18,26H,2,12-16H2,1H3. The maximum absolute atomic E-state index is 10.1. The van der Waals surface area contributed by atoms with Gasteiger partial charge in [-0.3, -0.25) is 0 Å². The van der Waals surface area contributed by atoms with Crippen molar-refractivity contribution in [1.29, 1.82) is 0 Å². The Kier molecular flexibility index (Phi) is 5.28. The third-order valence-corrected chi connectivity index (χ3v) is 6.02. The van der Waals surface area contributed by atoms with Gasteiger partial charge in [0.15, 0.2) is 0 Å². The van der Waals surface area contributed by atoms with Gasteiger partial charge in [0.2, 0.25) is 0 Å². The topological polar surface area (TPSA) is 28.4 Å². The Labute approximate surface area is 166 Å². The number of aromatic nitrogens is 1. The normalized spacial score (nSPS) is 15.2. The first kappa shape index (κ1) is 18.2. The van der Waals surface area contributed by atoms with E-state index in [-0.39, 0.29) is 6.10 Å². The van der Waals surface area contributed by atoms with Crippen LogP contribution >= 0.6 is 12.2 Å². The first-order chi connectivity index (χ1) is 13.2. The quantitative estimate of drug-likeness (QED) is 0.639. The van der Waals surface area contributed by atoms with E-state index in [1.165, 1.54) is 27.7 Å². The van der Waals surface area contributed by atoms with Crippen molar-refractivity contribution in [3.63, 3.8) is 0 Å². The number of thiocarbonyl (C=S) groups is 1. The van der Waals surface area contributed by atoms with Gasteiger partial charge in [-0.15, -0.1) is 0 Å². The van der Waals surface area contributed by atoms with Crippen LogP contribution in [0.15, 0.2) is 54.6 Å². The molecular weight excluding hydrogens is 352 g/mol. The average molecular weight is 379 g/mol. The Bertz CT molecular complexity index is 948. The van der Waals surface area contributed by atoms with E-state index in [1.807, 2.05) is 13.0 Å². The van der Waals surface area contributed by atoms with E-state index in [4.69, 9.17) is 12.2 Å². The van der Waals surface area contributed by atoms with Crippen molar-refractivity contribution in [2.75, 3.05) is 6.54 Å². The summed E-state index contributed by atoms with van der Waals surface area (Å²) >= 11 is 5.96. The molecule has 1 aliphatic heterocycles. The van der Waals surface area contributed by atoms with Crippen molar-refractivity contribution in [3.8, 4) is 0 Å². The van der Waals surface area contributed by atoms with Crippen LogP contribution in [-0.4, -0.2) is 32.2 Å². The van der Waals surface area contributed by atoms with Crippen LogP contribution in [0.4, 0.5) is 0 Å². The Morgan fingerprint density at radius 1 is 1.07 bits per heavy atom. The second-order valence-electron chi connectivity index (χ2n) is 7.31. The molecule has 4 heteroatoms. The molecule has 0 amide bonds. The van der Waals surface area contributed by atoms with Gasteiger partial charge in [0.05, 0.1) is 11.8 Å². The van der Waals surface area contributed by atoms with Crippen LogP contribution in [0.2, 0.25) is 0 Å². The molecular formula is C23H26N2OS. The summed E-state index contributed by atoms with van der Waals surface area (Å²) in [4.78, 5) is 3.25. The maximum Gasteiger partial charge on any atom is 0.126 e. The fourth-order valence-corrected chi connectivity index (χ4v) is 4.43. The summed E-state index contributed by atoms with van der Waals surface area (Å²) in [5.74, 6) is 0. The molecule has 0 fully saturated rings. The highest BCUT2D eigenvalue weighted by Crippen LogP contribution is 2.32. The van der Waals surface area contributed by atoms with Gasteiger partial charge in [0.1, 0.15) is 4.99 Å². The second-order valence-corrected chi connectivity index (χ2v) is 7.70. The SMILES string of the molecule is CCC(O)CCn1c2c(c3ccccc31)CCN(Cc1ccccc1)C2=S. The maximum atomic E-state index is 10.1. The Hall–Kier alpha value is -2.17. The van der Waals surface area contributed by atoms with Crippen LogP contribution in [0.5, 0.6) is 0 Å². The van der Waals surface area contributed by atoms with Crippen molar-refractivity contribution in [2.45, 2.75) is 45.4 Å². The summed E-state index contributed by atoms with van der Waals surface area (Å²) in [6.45, 7) is 4.62. The van der Waals surface area contributed by atoms with Crippen LogP contribution in [0.3, 0.4) is 0 Å². The minimum atomic E-state index is -0.264. The van der Waals surface area contributed by atoms with Crippen molar-refractivity contribution in [1.82, 2.24) is 9.47 Å². The van der Waals surface area contributed by atoms with Crippen molar-refractivity contribution < 1.29 is 5.11 Å². The van der Waals surface area contributed by atoms with Crippen LogP contribution in [-0.2, 0) is 19.5 Å². The molecule has 3 aromatic rings. The summed E-state index contributed by atoms with van der Waals surface area (Å²) in [7, 11) is 0. The summed E-state index contributed by atoms with van der Waals surface area (Å²) in [6.07, 6.45) is 2.28. The second kappa shape index (κ2) is 7.83. The Balaban J connectivity index is 1.71. The van der Waals surface area contributed by atoms with Crippen molar-refractivity contribution >= 4 is 28.1 Å². The van der Waals surface area contributed by atoms with Crippen LogP contribution < -0.4 is 0 Å². The van der Waals surface area contributed by atoms with Gasteiger partial charge < -0.3 is 14.6 Å². The predicted molar refractivity (Wildman–Crippen MR) is 115 cm³/mol. The number of hydrogen-bond donors (Lipinski definition) is 1. The van der Waals surface area contributed by atoms with Gasteiger partial charge in [-0.05, 0) is 36.5 Å². The smallest absolute Gasteiger partial charge is 0.126 e. The zero-order valence-electron chi connectivity index (χ0n) is 15.8. The summed E-state index contributed by atoms with van der Waals surface area (Å²) < 4.78 is 2.34. The highest BCUT2D eigenvalue weighted by molar-refractivity contribution is 7.80. The molecule has 0 bridgehead atoms. The van der Waals surface area contributed by atoms with E-state index in [1.54, 1.807) is 0 Å². The van der Waals surface area contributed by atoms with E-state index in [0.29, 0.717) is 0 Å². The van der Waals surface area contributed by atoms with Crippen molar-refractivity contribution in [3.05, 3.63) is 71.4 Å². The molecule has 0 radical (unpaired) electrons. The molecule has 0 saturated heterocycles. The number of nitrogens with zero attached hydrogens (tertiary/aromatic N) is 2. The molecule has 1 aliphatic rings. The average Bonchev–Trinajstić information content (AvgIpc) is 3.03. The molecule has 0 saturated carbocycles. The first-order valence-electron chi connectivity index (χ1n) is 9.80. The monoisotopic (exact) mass is 378 g/mol. The molecule has 0 aliphatic carbocycles. The summed E-state index contributed by atoms with van der Waals surface area (Å²) in [5.41, 5.74) is 5.06. The third kappa shape index (κ3) is 3.52. The van der Waals surface area contributed by atoms with E-state index >= 15 is 0 Å². The molecule has 27 heavy (non-hydrogen) atoms. The summed E-state index contributed by atoms with van der Waals surface area (Å²) in [5, 5.41) is 11.4. The van der Waals surface area contributed by atoms with Gasteiger partial charge >= 0.3 is 0 Å². The molecule has 1 atom stereocenters. The molecule has 1 unspecified atom stereocenters. The molecule has 4 rings (SSSR count). The van der Waals surface area contributed by atoms with Crippen molar-refractivity contribution in [2.24, 2.45) is 0 Å². The molecule has 1 N–H and O–H groups in total. The zero-order chi connectivity index (χ0) is 18.8. The van der Waals surface area contributed by atoms with Gasteiger partial charge in [0.25, 0.3) is 0 Å². The highest BCUT2D eigenvalue weighted by atomic mass is 32.1.